The second-order valence-electron chi connectivity index (χ2n) is 4.53. The van der Waals surface area contributed by atoms with Gasteiger partial charge in [0.25, 0.3) is 0 Å². The van der Waals surface area contributed by atoms with Crippen LogP contribution in [-0.4, -0.2) is 32.7 Å². The third-order valence-electron chi connectivity index (χ3n) is 3.32. The van der Waals surface area contributed by atoms with Crippen LogP contribution in [0.5, 0.6) is 0 Å². The highest BCUT2D eigenvalue weighted by molar-refractivity contribution is 5.20. The van der Waals surface area contributed by atoms with E-state index in [2.05, 4.69) is 31.2 Å². The van der Waals surface area contributed by atoms with E-state index in [1.165, 1.54) is 5.56 Å². The molecule has 19 heavy (non-hydrogen) atoms. The summed E-state index contributed by atoms with van der Waals surface area (Å²) in [5, 5.41) is 0. The molecule has 0 aliphatic carbocycles. The number of methoxy groups -OCH3 is 1. The number of ether oxygens (including phenoxy) is 3. The van der Waals surface area contributed by atoms with Crippen molar-refractivity contribution in [3.05, 3.63) is 35.9 Å². The lowest BCUT2D eigenvalue weighted by molar-refractivity contribution is -0.146. The first-order valence-corrected chi connectivity index (χ1v) is 7.03. The predicted molar refractivity (Wildman–Crippen MR) is 77.3 cm³/mol. The van der Waals surface area contributed by atoms with Gasteiger partial charge in [-0.25, -0.2) is 0 Å². The van der Waals surface area contributed by atoms with Gasteiger partial charge in [0, 0.05) is 32.7 Å². The van der Waals surface area contributed by atoms with Crippen LogP contribution in [-0.2, 0) is 14.2 Å². The van der Waals surface area contributed by atoms with Gasteiger partial charge in [0.1, 0.15) is 0 Å². The molecule has 0 aromatic heterocycles. The molecular formula is C16H26O3. The van der Waals surface area contributed by atoms with Crippen LogP contribution in [0.25, 0.3) is 0 Å². The number of benzene rings is 1. The number of rotatable bonds is 9. The molecule has 108 valence electrons. The van der Waals surface area contributed by atoms with Crippen LogP contribution in [0, 0.1) is 0 Å². The van der Waals surface area contributed by atoms with E-state index in [4.69, 9.17) is 14.2 Å². The lowest BCUT2D eigenvalue weighted by Crippen LogP contribution is -2.26. The monoisotopic (exact) mass is 266 g/mol. The first-order chi connectivity index (χ1) is 9.22. The molecule has 0 aliphatic heterocycles. The minimum absolute atomic E-state index is 0.130. The summed E-state index contributed by atoms with van der Waals surface area (Å²) in [6, 6.07) is 10.4. The Hall–Kier alpha value is -0.900. The predicted octanol–water partition coefficient (Wildman–Crippen LogP) is 3.59. The van der Waals surface area contributed by atoms with E-state index in [1.807, 2.05) is 19.9 Å². The Morgan fingerprint density at radius 2 is 1.58 bits per heavy atom. The molecule has 0 saturated carbocycles. The number of hydrogen-bond donors (Lipinski definition) is 0. The topological polar surface area (TPSA) is 27.7 Å². The standard InChI is InChI=1S/C16H26O3/c1-5-18-16(19-6-2)12-15(13(3)17-4)14-10-8-7-9-11-14/h7-11,13,15-16H,5-6,12H2,1-4H3. The van der Waals surface area contributed by atoms with Gasteiger partial charge >= 0.3 is 0 Å². The van der Waals surface area contributed by atoms with Crippen LogP contribution < -0.4 is 0 Å². The van der Waals surface area contributed by atoms with Crippen LogP contribution in [0.4, 0.5) is 0 Å². The third-order valence-corrected chi connectivity index (χ3v) is 3.32. The van der Waals surface area contributed by atoms with E-state index in [9.17, 15) is 0 Å². The summed E-state index contributed by atoms with van der Waals surface area (Å²) in [5.41, 5.74) is 1.27. The van der Waals surface area contributed by atoms with E-state index < -0.39 is 0 Å². The highest BCUT2D eigenvalue weighted by Gasteiger charge is 2.24. The molecule has 3 heteroatoms. The zero-order valence-corrected chi connectivity index (χ0v) is 12.5. The Bertz CT molecular complexity index is 320. The molecule has 0 aliphatic rings. The molecule has 2 atom stereocenters. The highest BCUT2D eigenvalue weighted by Crippen LogP contribution is 2.27. The summed E-state index contributed by atoms with van der Waals surface area (Å²) in [7, 11) is 1.75. The second-order valence-corrected chi connectivity index (χ2v) is 4.53. The smallest absolute Gasteiger partial charge is 0.158 e. The Kier molecular flexibility index (Phi) is 7.72. The molecule has 2 unspecified atom stereocenters. The van der Waals surface area contributed by atoms with Crippen molar-refractivity contribution in [2.45, 2.75) is 45.5 Å². The maximum Gasteiger partial charge on any atom is 0.158 e. The summed E-state index contributed by atoms with van der Waals surface area (Å²) in [6.07, 6.45) is 0.768. The van der Waals surface area contributed by atoms with E-state index in [-0.39, 0.29) is 18.3 Å². The van der Waals surface area contributed by atoms with Gasteiger partial charge in [0.05, 0.1) is 6.10 Å². The van der Waals surface area contributed by atoms with Crippen molar-refractivity contribution in [1.29, 1.82) is 0 Å². The molecule has 1 rings (SSSR count). The molecule has 0 heterocycles. The zero-order valence-electron chi connectivity index (χ0n) is 12.5. The quantitative estimate of drug-likeness (QED) is 0.639. The van der Waals surface area contributed by atoms with Gasteiger partial charge in [-0.1, -0.05) is 30.3 Å². The van der Waals surface area contributed by atoms with E-state index in [1.54, 1.807) is 7.11 Å². The Morgan fingerprint density at radius 1 is 1.00 bits per heavy atom. The average molecular weight is 266 g/mol. The summed E-state index contributed by atoms with van der Waals surface area (Å²) in [4.78, 5) is 0. The highest BCUT2D eigenvalue weighted by atomic mass is 16.7. The Morgan fingerprint density at radius 3 is 2.05 bits per heavy atom. The van der Waals surface area contributed by atoms with E-state index >= 15 is 0 Å². The number of hydrogen-bond acceptors (Lipinski definition) is 3. The van der Waals surface area contributed by atoms with Gasteiger partial charge in [0.2, 0.25) is 0 Å². The largest absolute Gasteiger partial charge is 0.381 e. The van der Waals surface area contributed by atoms with Crippen LogP contribution in [0.2, 0.25) is 0 Å². The molecular weight excluding hydrogens is 240 g/mol. The van der Waals surface area contributed by atoms with Gasteiger partial charge in [-0.15, -0.1) is 0 Å². The fourth-order valence-electron chi connectivity index (χ4n) is 2.23. The van der Waals surface area contributed by atoms with Crippen LogP contribution >= 0.6 is 0 Å². The second kappa shape index (κ2) is 9.08. The molecule has 0 fully saturated rings. The molecule has 1 aromatic rings. The van der Waals surface area contributed by atoms with Crippen molar-refractivity contribution in [2.24, 2.45) is 0 Å². The van der Waals surface area contributed by atoms with Gasteiger partial charge in [-0.3, -0.25) is 0 Å². The normalized spacial score (nSPS) is 14.6. The Labute approximate surface area is 116 Å². The Balaban J connectivity index is 2.79. The van der Waals surface area contributed by atoms with Gasteiger partial charge in [0.15, 0.2) is 6.29 Å². The molecule has 0 spiro atoms. The molecule has 0 N–H and O–H groups in total. The fraction of sp³-hybridized carbons (Fsp3) is 0.625. The van der Waals surface area contributed by atoms with Crippen molar-refractivity contribution in [2.75, 3.05) is 20.3 Å². The summed E-state index contributed by atoms with van der Waals surface area (Å²) in [6.45, 7) is 7.39. The van der Waals surface area contributed by atoms with E-state index in [0.717, 1.165) is 6.42 Å². The molecule has 3 nitrogen and oxygen atoms in total. The zero-order chi connectivity index (χ0) is 14.1. The van der Waals surface area contributed by atoms with E-state index in [0.29, 0.717) is 13.2 Å². The van der Waals surface area contributed by atoms with Crippen LogP contribution in [0.15, 0.2) is 30.3 Å². The first-order valence-electron chi connectivity index (χ1n) is 7.03. The molecule has 0 bridgehead atoms. The van der Waals surface area contributed by atoms with Crippen molar-refractivity contribution in [1.82, 2.24) is 0 Å². The lowest BCUT2D eigenvalue weighted by atomic mass is 9.90. The summed E-state index contributed by atoms with van der Waals surface area (Å²) >= 11 is 0. The molecule has 1 aromatic carbocycles. The van der Waals surface area contributed by atoms with Crippen LogP contribution in [0.1, 0.15) is 38.7 Å². The van der Waals surface area contributed by atoms with Crippen LogP contribution in [0.3, 0.4) is 0 Å². The fourth-order valence-corrected chi connectivity index (χ4v) is 2.23. The molecule has 0 saturated heterocycles. The minimum atomic E-state index is -0.169. The van der Waals surface area contributed by atoms with Gasteiger partial charge in [-0.05, 0) is 26.3 Å². The van der Waals surface area contributed by atoms with Crippen molar-refractivity contribution < 1.29 is 14.2 Å². The molecule has 0 amide bonds. The summed E-state index contributed by atoms with van der Waals surface area (Å²) in [5.74, 6) is 0.272. The maximum absolute atomic E-state index is 5.65. The first kappa shape index (κ1) is 16.2. The van der Waals surface area contributed by atoms with Gasteiger partial charge in [-0.2, -0.15) is 0 Å². The SMILES string of the molecule is CCOC(CC(c1ccccc1)C(C)OC)OCC. The van der Waals surface area contributed by atoms with Crippen molar-refractivity contribution in [3.63, 3.8) is 0 Å². The average Bonchev–Trinajstić information content (AvgIpc) is 2.45. The minimum Gasteiger partial charge on any atom is -0.381 e. The maximum atomic E-state index is 5.65. The van der Waals surface area contributed by atoms with Gasteiger partial charge < -0.3 is 14.2 Å². The van der Waals surface area contributed by atoms with Crippen molar-refractivity contribution in [3.8, 4) is 0 Å². The molecule has 0 radical (unpaired) electrons. The van der Waals surface area contributed by atoms with Crippen molar-refractivity contribution >= 4 is 0 Å². The lowest BCUT2D eigenvalue weighted by Gasteiger charge is -2.27. The summed E-state index contributed by atoms with van der Waals surface area (Å²) < 4.78 is 16.8. The third kappa shape index (κ3) is 5.31.